The third-order valence-corrected chi connectivity index (χ3v) is 5.40. The Bertz CT molecular complexity index is 951. The Morgan fingerprint density at radius 3 is 2.47 bits per heavy atom. The summed E-state index contributed by atoms with van der Waals surface area (Å²) < 4.78 is 1.96. The van der Waals surface area contributed by atoms with E-state index in [4.69, 9.17) is 11.6 Å². The summed E-state index contributed by atoms with van der Waals surface area (Å²) in [6.45, 7) is 2.70. The van der Waals surface area contributed by atoms with Crippen molar-refractivity contribution in [2.45, 2.75) is 32.1 Å². The zero-order valence-electron chi connectivity index (χ0n) is 18.3. The van der Waals surface area contributed by atoms with Gasteiger partial charge < -0.3 is 15.2 Å². The number of unbranched alkanes of at least 4 members (excludes halogenated alkanes) is 1. The lowest BCUT2D eigenvalue weighted by atomic mass is 10.1. The molecule has 168 valence electrons. The molecule has 0 fully saturated rings. The van der Waals surface area contributed by atoms with Crippen molar-refractivity contribution in [3.05, 3.63) is 89.5 Å². The highest BCUT2D eigenvalue weighted by Crippen LogP contribution is 2.11. The largest absolute Gasteiger partial charge is 0.356 e. The molecule has 1 amide bonds. The molecular formula is C26H31ClN4O. The lowest BCUT2D eigenvalue weighted by Crippen LogP contribution is -2.24. The fourth-order valence-corrected chi connectivity index (χ4v) is 3.47. The number of rotatable bonds is 13. The van der Waals surface area contributed by atoms with Gasteiger partial charge in [0.2, 0.25) is 5.91 Å². The van der Waals surface area contributed by atoms with Gasteiger partial charge in [0.1, 0.15) is 0 Å². The van der Waals surface area contributed by atoms with E-state index in [2.05, 4.69) is 27.8 Å². The Morgan fingerprint density at radius 2 is 1.72 bits per heavy atom. The van der Waals surface area contributed by atoms with Crippen LogP contribution in [0.25, 0.3) is 11.8 Å². The third kappa shape index (κ3) is 8.69. The number of amides is 1. The van der Waals surface area contributed by atoms with Gasteiger partial charge in [-0.25, -0.2) is 4.98 Å². The summed E-state index contributed by atoms with van der Waals surface area (Å²) in [6.07, 6.45) is 13.9. The smallest absolute Gasteiger partial charge is 0.223 e. The molecule has 0 radical (unpaired) electrons. The first-order valence-electron chi connectivity index (χ1n) is 11.2. The van der Waals surface area contributed by atoms with Crippen LogP contribution in [0.15, 0.2) is 73.3 Å². The molecule has 1 aromatic heterocycles. The van der Waals surface area contributed by atoms with Crippen LogP contribution in [0.3, 0.4) is 0 Å². The van der Waals surface area contributed by atoms with Crippen molar-refractivity contribution < 1.29 is 4.79 Å². The predicted octanol–water partition coefficient (Wildman–Crippen LogP) is 5.05. The molecule has 0 unspecified atom stereocenters. The maximum absolute atomic E-state index is 12.0. The second-order valence-electron chi connectivity index (χ2n) is 7.71. The van der Waals surface area contributed by atoms with E-state index >= 15 is 0 Å². The highest BCUT2D eigenvalue weighted by Gasteiger charge is 1.99. The molecule has 2 N–H and O–H groups in total. The molecule has 0 aliphatic rings. The van der Waals surface area contributed by atoms with Crippen molar-refractivity contribution >= 4 is 23.6 Å². The van der Waals surface area contributed by atoms with E-state index in [0.717, 1.165) is 61.6 Å². The second kappa shape index (κ2) is 13.5. The molecule has 0 atom stereocenters. The quantitative estimate of drug-likeness (QED) is 0.358. The van der Waals surface area contributed by atoms with Crippen molar-refractivity contribution in [2.24, 2.45) is 0 Å². The minimum atomic E-state index is 0.0622. The monoisotopic (exact) mass is 450 g/mol. The topological polar surface area (TPSA) is 59.0 Å². The number of carbonyl (C=O) groups is 1. The van der Waals surface area contributed by atoms with E-state index < -0.39 is 0 Å². The summed E-state index contributed by atoms with van der Waals surface area (Å²) in [5.74, 6) is 0.0622. The molecule has 0 aliphatic carbocycles. The number of aromatic nitrogens is 2. The Morgan fingerprint density at radius 1 is 0.969 bits per heavy atom. The van der Waals surface area contributed by atoms with Gasteiger partial charge in [0, 0.05) is 36.1 Å². The highest BCUT2D eigenvalue weighted by atomic mass is 35.5. The number of carbonyl (C=O) groups excluding carboxylic acids is 1. The summed E-state index contributed by atoms with van der Waals surface area (Å²) in [5, 5.41) is 7.24. The molecule has 5 nitrogen and oxygen atoms in total. The predicted molar refractivity (Wildman–Crippen MR) is 132 cm³/mol. The molecule has 0 bridgehead atoms. The Hall–Kier alpha value is -2.89. The third-order valence-electron chi connectivity index (χ3n) is 5.14. The number of nitrogens with zero attached hydrogens (tertiary/aromatic N) is 2. The van der Waals surface area contributed by atoms with Crippen LogP contribution in [0, 0.1) is 0 Å². The number of hydrogen-bond acceptors (Lipinski definition) is 3. The van der Waals surface area contributed by atoms with Gasteiger partial charge in [0.15, 0.2) is 0 Å². The molecule has 3 aromatic rings. The van der Waals surface area contributed by atoms with Crippen LogP contribution in [0.4, 0.5) is 0 Å². The summed E-state index contributed by atoms with van der Waals surface area (Å²) in [6, 6.07) is 16.2. The highest BCUT2D eigenvalue weighted by molar-refractivity contribution is 6.30. The van der Waals surface area contributed by atoms with Gasteiger partial charge >= 0.3 is 0 Å². The van der Waals surface area contributed by atoms with E-state index in [1.165, 1.54) is 5.56 Å². The van der Waals surface area contributed by atoms with Crippen LogP contribution in [0.1, 0.15) is 36.8 Å². The molecule has 2 aromatic carbocycles. The zero-order valence-corrected chi connectivity index (χ0v) is 19.1. The summed E-state index contributed by atoms with van der Waals surface area (Å²) in [4.78, 5) is 16.0. The second-order valence-corrected chi connectivity index (χ2v) is 8.14. The van der Waals surface area contributed by atoms with Crippen LogP contribution in [-0.2, 0) is 11.2 Å². The van der Waals surface area contributed by atoms with E-state index in [1.54, 1.807) is 12.5 Å². The van der Waals surface area contributed by atoms with E-state index in [1.807, 2.05) is 59.3 Å². The first-order valence-corrected chi connectivity index (χ1v) is 11.6. The molecule has 0 saturated carbocycles. The number of hydrogen-bond donors (Lipinski definition) is 2. The lowest BCUT2D eigenvalue weighted by molar-refractivity contribution is -0.120. The molecule has 0 saturated heterocycles. The van der Waals surface area contributed by atoms with E-state index in [0.29, 0.717) is 6.42 Å². The molecular weight excluding hydrogens is 420 g/mol. The van der Waals surface area contributed by atoms with Crippen LogP contribution in [0.5, 0.6) is 0 Å². The van der Waals surface area contributed by atoms with Crippen LogP contribution in [0.2, 0.25) is 5.02 Å². The van der Waals surface area contributed by atoms with E-state index in [-0.39, 0.29) is 5.91 Å². The van der Waals surface area contributed by atoms with Gasteiger partial charge in [-0.1, -0.05) is 48.0 Å². The van der Waals surface area contributed by atoms with Gasteiger partial charge in [-0.3, -0.25) is 4.79 Å². The van der Waals surface area contributed by atoms with Crippen molar-refractivity contribution in [3.8, 4) is 5.69 Å². The number of benzene rings is 2. The lowest BCUT2D eigenvalue weighted by Gasteiger charge is -2.06. The van der Waals surface area contributed by atoms with Crippen LogP contribution >= 0.6 is 11.6 Å². The maximum atomic E-state index is 12.0. The van der Waals surface area contributed by atoms with Crippen molar-refractivity contribution in [2.75, 3.05) is 19.6 Å². The standard InChI is InChI=1S/C26H31ClN4O/c27-24-12-8-23(9-13-24)6-4-17-28-16-1-2-18-30-26(32)7-3-5-22-10-14-25(15-11-22)31-20-19-29-21-31/h3,5,8-15,19-21,28H,1-2,4,6-7,16-18H2,(H,30,32)/b5-3+. The van der Waals surface area contributed by atoms with Gasteiger partial charge in [-0.05, 0) is 74.2 Å². The number of imidazole rings is 1. The van der Waals surface area contributed by atoms with Gasteiger partial charge in [-0.2, -0.15) is 0 Å². The summed E-state index contributed by atoms with van der Waals surface area (Å²) in [5.41, 5.74) is 3.46. The normalized spacial score (nSPS) is 11.2. The van der Waals surface area contributed by atoms with Crippen molar-refractivity contribution in [3.63, 3.8) is 0 Å². The van der Waals surface area contributed by atoms with Gasteiger partial charge in [0.05, 0.1) is 6.33 Å². The molecule has 1 heterocycles. The first kappa shape index (κ1) is 23.8. The zero-order chi connectivity index (χ0) is 22.4. The van der Waals surface area contributed by atoms with Gasteiger partial charge in [0.25, 0.3) is 0 Å². The average molecular weight is 451 g/mol. The Kier molecular flexibility index (Phi) is 10.0. The van der Waals surface area contributed by atoms with Crippen LogP contribution < -0.4 is 10.6 Å². The molecule has 6 heteroatoms. The SMILES string of the molecule is O=C(C/C=C/c1ccc(-n2ccnc2)cc1)NCCCCNCCCc1ccc(Cl)cc1. The Balaban J connectivity index is 1.19. The molecule has 0 aliphatic heterocycles. The minimum absolute atomic E-state index is 0.0622. The van der Waals surface area contributed by atoms with Crippen molar-refractivity contribution in [1.29, 1.82) is 0 Å². The fraction of sp³-hybridized carbons (Fsp3) is 0.308. The van der Waals surface area contributed by atoms with Crippen LogP contribution in [-0.4, -0.2) is 35.1 Å². The number of nitrogens with one attached hydrogen (secondary N) is 2. The average Bonchev–Trinajstić information content (AvgIpc) is 3.35. The van der Waals surface area contributed by atoms with Crippen molar-refractivity contribution in [1.82, 2.24) is 20.2 Å². The molecule has 3 rings (SSSR count). The number of halogens is 1. The number of aryl methyl sites for hydroxylation is 1. The summed E-state index contributed by atoms with van der Waals surface area (Å²) >= 11 is 5.90. The minimum Gasteiger partial charge on any atom is -0.356 e. The fourth-order valence-electron chi connectivity index (χ4n) is 3.34. The first-order chi connectivity index (χ1) is 15.7. The Labute approximate surface area is 195 Å². The summed E-state index contributed by atoms with van der Waals surface area (Å²) in [7, 11) is 0. The molecule has 0 spiro atoms. The van der Waals surface area contributed by atoms with Gasteiger partial charge in [-0.15, -0.1) is 0 Å². The van der Waals surface area contributed by atoms with E-state index in [9.17, 15) is 4.79 Å². The maximum Gasteiger partial charge on any atom is 0.223 e. The molecule has 32 heavy (non-hydrogen) atoms.